The molecule has 7 atom stereocenters. The van der Waals surface area contributed by atoms with Crippen molar-refractivity contribution in [3.63, 3.8) is 0 Å². The van der Waals surface area contributed by atoms with Crippen LogP contribution >= 0.6 is 0 Å². The molecule has 342 valence electrons. The second-order valence-corrected chi connectivity index (χ2v) is 17.4. The first kappa shape index (κ1) is 48.6. The third-order valence-corrected chi connectivity index (χ3v) is 12.8. The highest BCUT2D eigenvalue weighted by Crippen LogP contribution is 2.52. The smallest absolute Gasteiger partial charge is 0.303 e. The molecule has 1 fully saturated rings. The van der Waals surface area contributed by atoms with Crippen LogP contribution in [0.5, 0.6) is 17.2 Å². The number of fused-ring (bicyclic) bond motifs is 3. The Kier molecular flexibility index (Phi) is 17.5. The number of Topliss-reactive ketones (excluding diaryl/α,β-unsaturated/α-hetero) is 1. The van der Waals surface area contributed by atoms with Gasteiger partial charge in [0.2, 0.25) is 11.7 Å². The summed E-state index contributed by atoms with van der Waals surface area (Å²) in [4.78, 5) is 66.0. The number of aliphatic hydroxyl groups excluding tert-OH is 2. The molecule has 2 aliphatic carbocycles. The number of ether oxygens (including phenoxy) is 3. The van der Waals surface area contributed by atoms with Crippen molar-refractivity contribution in [2.45, 2.75) is 172 Å². The molecule has 7 unspecified atom stereocenters. The summed E-state index contributed by atoms with van der Waals surface area (Å²) in [5.41, 5.74) is -4.08. The number of hydrogen-bond acceptors (Lipinski definition) is 13. The molecule has 15 heteroatoms. The van der Waals surface area contributed by atoms with E-state index in [1.807, 2.05) is 0 Å². The SMILES string of the molecule is CCCCCCCCCCCCCCCC(CC(=O)O)CC(=O)NC1CC(OC2CC(O)(C(=O)CO)Cc3c(O)c4c(c(O)c32)C(=O)c2c(OC)cccc2C4=O)OC(C)C1O. The van der Waals surface area contributed by atoms with Gasteiger partial charge in [-0.2, -0.15) is 0 Å². The van der Waals surface area contributed by atoms with Crippen molar-refractivity contribution < 1.29 is 68.8 Å². The van der Waals surface area contributed by atoms with Gasteiger partial charge in [0, 0.05) is 48.8 Å². The average Bonchev–Trinajstić information content (AvgIpc) is 3.23. The van der Waals surface area contributed by atoms with Gasteiger partial charge in [-0.1, -0.05) is 103 Å². The minimum atomic E-state index is -2.35. The Morgan fingerprint density at radius 1 is 0.887 bits per heavy atom. The van der Waals surface area contributed by atoms with Crippen molar-refractivity contribution in [2.75, 3.05) is 13.7 Å². The molecule has 7 N–H and O–H groups in total. The summed E-state index contributed by atoms with van der Waals surface area (Å²) >= 11 is 0. The molecule has 0 aromatic heterocycles. The van der Waals surface area contributed by atoms with E-state index >= 15 is 0 Å². The van der Waals surface area contributed by atoms with Crippen molar-refractivity contribution in [3.8, 4) is 17.2 Å². The number of hydrogen-bond donors (Lipinski definition) is 7. The molecule has 5 rings (SSSR count). The van der Waals surface area contributed by atoms with Crippen LogP contribution in [0.3, 0.4) is 0 Å². The zero-order chi connectivity index (χ0) is 45.1. The van der Waals surface area contributed by atoms with E-state index in [0.29, 0.717) is 6.42 Å². The zero-order valence-corrected chi connectivity index (χ0v) is 36.3. The maximum atomic E-state index is 14.0. The van der Waals surface area contributed by atoms with Gasteiger partial charge in [0.1, 0.15) is 35.6 Å². The number of ketones is 3. The number of nitrogens with one attached hydrogen (secondary N) is 1. The van der Waals surface area contributed by atoms with E-state index in [1.54, 1.807) is 0 Å². The fraction of sp³-hybridized carbons (Fsp3) is 0.638. The van der Waals surface area contributed by atoms with Crippen LogP contribution < -0.4 is 10.1 Å². The van der Waals surface area contributed by atoms with Crippen LogP contribution in [-0.2, 0) is 30.3 Å². The summed E-state index contributed by atoms with van der Waals surface area (Å²) in [5, 5.41) is 68.4. The van der Waals surface area contributed by atoms with E-state index < -0.39 is 113 Å². The van der Waals surface area contributed by atoms with Gasteiger partial charge in [-0.3, -0.25) is 24.0 Å². The predicted octanol–water partition coefficient (Wildman–Crippen LogP) is 6.12. The largest absolute Gasteiger partial charge is 0.507 e. The number of amides is 1. The number of aliphatic hydroxyl groups is 3. The lowest BCUT2D eigenvalue weighted by Crippen LogP contribution is -2.56. The van der Waals surface area contributed by atoms with Crippen LogP contribution in [0.1, 0.15) is 178 Å². The molecule has 3 aliphatic rings. The molecule has 0 bridgehead atoms. The molecule has 1 aliphatic heterocycles. The van der Waals surface area contributed by atoms with Gasteiger partial charge in [-0.05, 0) is 25.3 Å². The van der Waals surface area contributed by atoms with E-state index in [4.69, 9.17) is 14.2 Å². The second-order valence-electron chi connectivity index (χ2n) is 17.4. The number of phenolic OH excluding ortho intramolecular Hbond substituents is 2. The van der Waals surface area contributed by atoms with Gasteiger partial charge in [-0.25, -0.2) is 0 Å². The van der Waals surface area contributed by atoms with Crippen LogP contribution in [0.15, 0.2) is 18.2 Å². The van der Waals surface area contributed by atoms with Gasteiger partial charge in [0.05, 0.1) is 42.0 Å². The highest BCUT2D eigenvalue weighted by Gasteiger charge is 2.50. The fourth-order valence-electron chi connectivity index (χ4n) is 9.36. The monoisotopic (exact) mass is 867 g/mol. The summed E-state index contributed by atoms with van der Waals surface area (Å²) in [5.74, 6) is -6.00. The molecular weight excluding hydrogens is 803 g/mol. The first-order valence-electron chi connectivity index (χ1n) is 22.4. The Labute approximate surface area is 363 Å². The predicted molar refractivity (Wildman–Crippen MR) is 226 cm³/mol. The minimum absolute atomic E-state index is 0.0592. The van der Waals surface area contributed by atoms with Crippen LogP contribution in [0, 0.1) is 5.92 Å². The first-order valence-corrected chi connectivity index (χ1v) is 22.4. The van der Waals surface area contributed by atoms with Crippen molar-refractivity contribution in [3.05, 3.63) is 51.6 Å². The lowest BCUT2D eigenvalue weighted by Gasteiger charge is -2.43. The summed E-state index contributed by atoms with van der Waals surface area (Å²) in [6.07, 6.45) is 9.34. The summed E-state index contributed by atoms with van der Waals surface area (Å²) < 4.78 is 17.6. The molecule has 2 aromatic carbocycles. The Bertz CT molecular complexity index is 1930. The summed E-state index contributed by atoms with van der Waals surface area (Å²) in [6.45, 7) is 2.68. The molecule has 0 saturated carbocycles. The highest BCUT2D eigenvalue weighted by atomic mass is 16.7. The molecule has 1 heterocycles. The first-order chi connectivity index (χ1) is 29.6. The summed E-state index contributed by atoms with van der Waals surface area (Å²) in [6, 6.07) is 3.37. The highest BCUT2D eigenvalue weighted by molar-refractivity contribution is 6.31. The van der Waals surface area contributed by atoms with Crippen molar-refractivity contribution in [1.82, 2.24) is 5.32 Å². The van der Waals surface area contributed by atoms with Crippen LogP contribution in [-0.4, -0.2) is 104 Å². The Morgan fingerprint density at radius 2 is 1.50 bits per heavy atom. The maximum absolute atomic E-state index is 14.0. The zero-order valence-electron chi connectivity index (χ0n) is 36.3. The van der Waals surface area contributed by atoms with E-state index in [0.717, 1.165) is 25.7 Å². The van der Waals surface area contributed by atoms with E-state index in [1.165, 1.54) is 90.0 Å². The molecule has 62 heavy (non-hydrogen) atoms. The lowest BCUT2D eigenvalue weighted by molar-refractivity contribution is -0.249. The number of benzene rings is 2. The Morgan fingerprint density at radius 3 is 2.10 bits per heavy atom. The lowest BCUT2D eigenvalue weighted by atomic mass is 9.72. The molecule has 1 amide bonds. The maximum Gasteiger partial charge on any atom is 0.303 e. The Balaban J connectivity index is 1.26. The number of carbonyl (C=O) groups is 5. The van der Waals surface area contributed by atoms with Gasteiger partial charge >= 0.3 is 5.97 Å². The number of methoxy groups -OCH3 is 1. The number of rotatable bonds is 24. The third-order valence-electron chi connectivity index (χ3n) is 12.8. The molecule has 0 radical (unpaired) electrons. The minimum Gasteiger partial charge on any atom is -0.507 e. The molecule has 15 nitrogen and oxygen atoms in total. The molecule has 1 saturated heterocycles. The van der Waals surface area contributed by atoms with Crippen LogP contribution in [0.2, 0.25) is 0 Å². The third kappa shape index (κ3) is 11.4. The van der Waals surface area contributed by atoms with Gasteiger partial charge in [0.25, 0.3) is 0 Å². The van der Waals surface area contributed by atoms with Crippen molar-refractivity contribution in [2.24, 2.45) is 5.92 Å². The van der Waals surface area contributed by atoms with Crippen molar-refractivity contribution in [1.29, 1.82) is 0 Å². The quantitative estimate of drug-likeness (QED) is 0.0396. The number of aromatic hydroxyl groups is 2. The number of phenols is 2. The number of carboxylic acids is 1. The number of aliphatic carboxylic acids is 1. The summed E-state index contributed by atoms with van der Waals surface area (Å²) in [7, 11) is 1.31. The van der Waals surface area contributed by atoms with E-state index in [9.17, 15) is 54.6 Å². The van der Waals surface area contributed by atoms with Crippen molar-refractivity contribution >= 4 is 29.2 Å². The van der Waals surface area contributed by atoms with Gasteiger partial charge < -0.3 is 50.2 Å². The normalized spacial score (nSPS) is 23.5. The van der Waals surface area contributed by atoms with E-state index in [2.05, 4.69) is 12.2 Å². The molecular formula is C47H65NO14. The van der Waals surface area contributed by atoms with Crippen LogP contribution in [0.4, 0.5) is 0 Å². The Hall–Kier alpha value is -4.41. The topological polar surface area (TPSA) is 246 Å². The molecule has 2 aromatic rings. The average molecular weight is 868 g/mol. The van der Waals surface area contributed by atoms with Crippen LogP contribution in [0.25, 0.3) is 0 Å². The number of carboxylic acid groups (broad SMARTS) is 1. The van der Waals surface area contributed by atoms with Gasteiger partial charge in [-0.15, -0.1) is 0 Å². The second kappa shape index (κ2) is 22.3. The fourth-order valence-corrected chi connectivity index (χ4v) is 9.36. The molecule has 0 spiro atoms. The number of carbonyl (C=O) groups excluding carboxylic acids is 4. The standard InChI is InChI=1S/C47H65NO14/c1-4-5-6-7-8-9-10-11-12-13-14-15-16-18-28(22-36(52)53)21-35(51)48-31-23-37(61-27(2)42(31)54)62-33-25-47(59,34(50)26-49)24-30-39(33)46(58)41-40(44(30)56)43(55)29-19-17-20-32(60-3)38(29)45(41)57/h17,19-20,27-28,31,33,37,42,49,54,56,58-59H,4-16,18,21-26H2,1-3H3,(H,48,51)(H,52,53). The van der Waals surface area contributed by atoms with Gasteiger partial charge in [0.15, 0.2) is 17.9 Å². The van der Waals surface area contributed by atoms with E-state index in [-0.39, 0.29) is 47.3 Å². The number of unbranched alkanes of at least 4 members (excludes halogenated alkanes) is 12.